The van der Waals surface area contributed by atoms with Crippen molar-refractivity contribution >= 4 is 32.6 Å². The minimum atomic E-state index is -0.837. The van der Waals surface area contributed by atoms with Crippen molar-refractivity contribution in [2.45, 2.75) is 6.54 Å². The number of carbonyl (C=O) groups is 1. The molecule has 0 saturated carbocycles. The van der Waals surface area contributed by atoms with E-state index < -0.39 is 23.0 Å². The van der Waals surface area contributed by atoms with Crippen molar-refractivity contribution in [3.05, 3.63) is 70.3 Å². The SMILES string of the molecule is O=C(Cn1cc(Br)c2ccccc21)c1c(F)cccc1F. The Bertz CT molecular complexity index is 821. The Morgan fingerprint density at radius 1 is 1.05 bits per heavy atom. The Balaban J connectivity index is 2.01. The molecular weight excluding hydrogens is 340 g/mol. The highest BCUT2D eigenvalue weighted by Gasteiger charge is 2.18. The highest BCUT2D eigenvalue weighted by atomic mass is 79.9. The normalized spacial score (nSPS) is 11.0. The lowest BCUT2D eigenvalue weighted by atomic mass is 10.1. The Hall–Kier alpha value is -2.01. The highest BCUT2D eigenvalue weighted by molar-refractivity contribution is 9.10. The molecule has 3 rings (SSSR count). The number of benzene rings is 2. The molecule has 0 saturated heterocycles. The summed E-state index contributed by atoms with van der Waals surface area (Å²) in [6.45, 7) is -0.121. The number of rotatable bonds is 3. The number of hydrogen-bond acceptors (Lipinski definition) is 1. The molecule has 0 radical (unpaired) electrons. The maximum absolute atomic E-state index is 13.6. The summed E-state index contributed by atoms with van der Waals surface area (Å²) in [5.74, 6) is -2.27. The van der Waals surface area contributed by atoms with Crippen LogP contribution < -0.4 is 0 Å². The van der Waals surface area contributed by atoms with Gasteiger partial charge in [0.1, 0.15) is 11.6 Å². The van der Waals surface area contributed by atoms with Gasteiger partial charge in [-0.3, -0.25) is 4.79 Å². The third-order valence-electron chi connectivity index (χ3n) is 3.30. The van der Waals surface area contributed by atoms with Gasteiger partial charge in [0.2, 0.25) is 0 Å². The molecule has 0 amide bonds. The van der Waals surface area contributed by atoms with Gasteiger partial charge in [0.15, 0.2) is 5.78 Å². The van der Waals surface area contributed by atoms with E-state index in [1.807, 2.05) is 24.3 Å². The highest BCUT2D eigenvalue weighted by Crippen LogP contribution is 2.26. The molecule has 0 fully saturated rings. The zero-order chi connectivity index (χ0) is 15.0. The van der Waals surface area contributed by atoms with Crippen LogP contribution in [-0.4, -0.2) is 10.4 Å². The van der Waals surface area contributed by atoms with Gasteiger partial charge < -0.3 is 4.57 Å². The first kappa shape index (κ1) is 13.9. The largest absolute Gasteiger partial charge is 0.338 e. The lowest BCUT2D eigenvalue weighted by molar-refractivity contribution is 0.0965. The molecule has 0 spiro atoms. The van der Waals surface area contributed by atoms with Crippen molar-refractivity contribution in [1.82, 2.24) is 4.57 Å². The zero-order valence-corrected chi connectivity index (χ0v) is 12.4. The molecule has 0 N–H and O–H groups in total. The summed E-state index contributed by atoms with van der Waals surface area (Å²) in [4.78, 5) is 12.2. The van der Waals surface area contributed by atoms with Crippen LogP contribution in [0, 0.1) is 11.6 Å². The van der Waals surface area contributed by atoms with E-state index >= 15 is 0 Å². The number of nitrogens with zero attached hydrogens (tertiary/aromatic N) is 1. The quantitative estimate of drug-likeness (QED) is 0.635. The summed E-state index contributed by atoms with van der Waals surface area (Å²) >= 11 is 3.41. The van der Waals surface area contributed by atoms with Crippen LogP contribution in [-0.2, 0) is 6.54 Å². The Morgan fingerprint density at radius 2 is 1.71 bits per heavy atom. The summed E-state index contributed by atoms with van der Waals surface area (Å²) in [7, 11) is 0. The molecule has 21 heavy (non-hydrogen) atoms. The minimum absolute atomic E-state index is 0.121. The first-order chi connectivity index (χ1) is 10.1. The monoisotopic (exact) mass is 349 g/mol. The van der Waals surface area contributed by atoms with Gasteiger partial charge in [-0.05, 0) is 34.1 Å². The van der Waals surface area contributed by atoms with Crippen LogP contribution in [0.2, 0.25) is 0 Å². The van der Waals surface area contributed by atoms with Gasteiger partial charge in [-0.15, -0.1) is 0 Å². The summed E-state index contributed by atoms with van der Waals surface area (Å²) in [6, 6.07) is 10.9. The number of para-hydroxylation sites is 1. The number of carbonyl (C=O) groups excluding carboxylic acids is 1. The van der Waals surface area contributed by atoms with E-state index in [2.05, 4.69) is 15.9 Å². The second-order valence-electron chi connectivity index (χ2n) is 4.64. The second kappa shape index (κ2) is 5.41. The minimum Gasteiger partial charge on any atom is -0.338 e. The first-order valence-corrected chi connectivity index (χ1v) is 7.08. The molecule has 1 heterocycles. The molecule has 2 aromatic carbocycles. The van der Waals surface area contributed by atoms with E-state index in [1.54, 1.807) is 10.8 Å². The standard InChI is InChI=1S/C16H10BrF2NO/c17-11-8-20(14-7-2-1-4-10(11)14)9-15(21)16-12(18)5-3-6-13(16)19/h1-8H,9H2. The fourth-order valence-electron chi connectivity index (χ4n) is 2.33. The van der Waals surface area contributed by atoms with Crippen molar-refractivity contribution in [1.29, 1.82) is 0 Å². The van der Waals surface area contributed by atoms with E-state index in [0.717, 1.165) is 27.5 Å². The van der Waals surface area contributed by atoms with Gasteiger partial charge in [-0.1, -0.05) is 24.3 Å². The smallest absolute Gasteiger partial charge is 0.188 e. The van der Waals surface area contributed by atoms with Crippen LogP contribution >= 0.6 is 15.9 Å². The molecule has 0 aliphatic rings. The Kier molecular flexibility index (Phi) is 3.59. The van der Waals surface area contributed by atoms with E-state index in [0.29, 0.717) is 0 Å². The van der Waals surface area contributed by atoms with Gasteiger partial charge in [-0.2, -0.15) is 0 Å². The Morgan fingerprint density at radius 3 is 2.43 bits per heavy atom. The van der Waals surface area contributed by atoms with Crippen LogP contribution in [0.1, 0.15) is 10.4 Å². The molecule has 0 aliphatic heterocycles. The van der Waals surface area contributed by atoms with E-state index in [9.17, 15) is 13.6 Å². The van der Waals surface area contributed by atoms with Gasteiger partial charge in [-0.25, -0.2) is 8.78 Å². The second-order valence-corrected chi connectivity index (χ2v) is 5.50. The molecule has 2 nitrogen and oxygen atoms in total. The summed E-state index contributed by atoms with van der Waals surface area (Å²) < 4.78 is 29.8. The van der Waals surface area contributed by atoms with E-state index in [4.69, 9.17) is 0 Å². The van der Waals surface area contributed by atoms with Gasteiger partial charge in [0.25, 0.3) is 0 Å². The van der Waals surface area contributed by atoms with E-state index in [1.165, 1.54) is 6.07 Å². The first-order valence-electron chi connectivity index (χ1n) is 6.28. The van der Waals surface area contributed by atoms with Crippen molar-refractivity contribution < 1.29 is 13.6 Å². The maximum Gasteiger partial charge on any atom is 0.188 e. The number of Topliss-reactive ketones (excluding diaryl/α,β-unsaturated/α-hetero) is 1. The van der Waals surface area contributed by atoms with Crippen LogP contribution in [0.4, 0.5) is 8.78 Å². The number of aromatic nitrogens is 1. The van der Waals surface area contributed by atoms with Crippen molar-refractivity contribution in [3.8, 4) is 0 Å². The molecule has 0 bridgehead atoms. The van der Waals surface area contributed by atoms with Crippen LogP contribution in [0.3, 0.4) is 0 Å². The van der Waals surface area contributed by atoms with Gasteiger partial charge in [0, 0.05) is 21.6 Å². The van der Waals surface area contributed by atoms with E-state index in [-0.39, 0.29) is 6.54 Å². The molecule has 3 aromatic rings. The Labute approximate surface area is 128 Å². The van der Waals surface area contributed by atoms with Crippen molar-refractivity contribution in [3.63, 3.8) is 0 Å². The van der Waals surface area contributed by atoms with Crippen LogP contribution in [0.15, 0.2) is 53.1 Å². The molecule has 0 aliphatic carbocycles. The average molecular weight is 350 g/mol. The lowest BCUT2D eigenvalue weighted by Gasteiger charge is -2.06. The molecule has 106 valence electrons. The van der Waals surface area contributed by atoms with Crippen molar-refractivity contribution in [2.24, 2.45) is 0 Å². The van der Waals surface area contributed by atoms with Gasteiger partial charge >= 0.3 is 0 Å². The average Bonchev–Trinajstić information content (AvgIpc) is 2.76. The topological polar surface area (TPSA) is 22.0 Å². The van der Waals surface area contributed by atoms with Gasteiger partial charge in [0.05, 0.1) is 12.1 Å². The van der Waals surface area contributed by atoms with Crippen LogP contribution in [0.5, 0.6) is 0 Å². The fourth-order valence-corrected chi connectivity index (χ4v) is 2.91. The maximum atomic E-state index is 13.6. The number of halogens is 3. The zero-order valence-electron chi connectivity index (χ0n) is 10.8. The molecular formula is C16H10BrF2NO. The third kappa shape index (κ3) is 2.49. The molecule has 1 aromatic heterocycles. The predicted molar refractivity (Wildman–Crippen MR) is 80.3 cm³/mol. The summed E-state index contributed by atoms with van der Waals surface area (Å²) in [5.41, 5.74) is 0.334. The predicted octanol–water partition coefficient (Wildman–Crippen LogP) is 4.56. The number of fused-ring (bicyclic) bond motifs is 1. The number of ketones is 1. The molecule has 5 heteroatoms. The third-order valence-corrected chi connectivity index (χ3v) is 3.93. The summed E-state index contributed by atoms with van der Waals surface area (Å²) in [6.07, 6.45) is 1.74. The molecule has 0 atom stereocenters. The number of hydrogen-bond donors (Lipinski definition) is 0. The summed E-state index contributed by atoms with van der Waals surface area (Å²) in [5, 5.41) is 0.944. The van der Waals surface area contributed by atoms with Crippen LogP contribution in [0.25, 0.3) is 10.9 Å². The molecule has 0 unspecified atom stereocenters. The fraction of sp³-hybridized carbons (Fsp3) is 0.0625. The van der Waals surface area contributed by atoms with Crippen molar-refractivity contribution in [2.75, 3.05) is 0 Å². The lowest BCUT2D eigenvalue weighted by Crippen LogP contribution is -2.13.